The van der Waals surface area contributed by atoms with Crippen LogP contribution in [0.1, 0.15) is 63.7 Å². The SMILES string of the molecule is Cc1cc(C)c(OC(=O)c2ccc(C(C)(C)C)cc2C(=O)Oc2cc(I)c(S(=O)(=O)O)c(I)c2)c(C)c1. The molecule has 0 saturated carbocycles. The lowest BCUT2D eigenvalue weighted by molar-refractivity contribution is 0.0690. The van der Waals surface area contributed by atoms with Gasteiger partial charge < -0.3 is 9.47 Å². The van der Waals surface area contributed by atoms with E-state index in [1.165, 1.54) is 12.1 Å². The number of aryl methyl sites for hydroxylation is 3. The maximum atomic E-state index is 13.4. The third-order valence-corrected chi connectivity index (χ3v) is 8.95. The molecule has 0 saturated heterocycles. The summed E-state index contributed by atoms with van der Waals surface area (Å²) in [6.07, 6.45) is 0. The lowest BCUT2D eigenvalue weighted by Crippen LogP contribution is -2.21. The fourth-order valence-corrected chi connectivity index (χ4v) is 7.83. The van der Waals surface area contributed by atoms with Crippen molar-refractivity contribution >= 4 is 67.2 Å². The van der Waals surface area contributed by atoms with Crippen LogP contribution in [0.15, 0.2) is 47.4 Å². The molecule has 0 spiro atoms. The van der Waals surface area contributed by atoms with Gasteiger partial charge in [0.05, 0.1) is 11.1 Å². The predicted octanol–water partition coefficient (Wildman–Crippen LogP) is 6.80. The van der Waals surface area contributed by atoms with E-state index in [1.54, 1.807) is 63.4 Å². The normalized spacial score (nSPS) is 11.8. The van der Waals surface area contributed by atoms with Crippen LogP contribution in [0.2, 0.25) is 0 Å². The maximum absolute atomic E-state index is 13.4. The van der Waals surface area contributed by atoms with Gasteiger partial charge in [-0.1, -0.05) is 44.5 Å². The van der Waals surface area contributed by atoms with Crippen molar-refractivity contribution in [3.05, 3.63) is 83.0 Å². The molecule has 3 rings (SSSR count). The second-order valence-corrected chi connectivity index (χ2v) is 13.4. The van der Waals surface area contributed by atoms with Gasteiger partial charge in [0.15, 0.2) is 0 Å². The van der Waals surface area contributed by atoms with Gasteiger partial charge in [-0.25, -0.2) is 9.59 Å². The third-order valence-electron chi connectivity index (χ3n) is 5.57. The van der Waals surface area contributed by atoms with Gasteiger partial charge in [-0.3, -0.25) is 4.55 Å². The number of rotatable bonds is 5. The second-order valence-electron chi connectivity index (χ2n) is 9.71. The van der Waals surface area contributed by atoms with Crippen LogP contribution in [0.5, 0.6) is 11.5 Å². The molecule has 0 aliphatic carbocycles. The fraction of sp³-hybridized carbons (Fsp3) is 0.259. The van der Waals surface area contributed by atoms with Crippen molar-refractivity contribution in [3.63, 3.8) is 0 Å². The average molecular weight is 748 g/mol. The lowest BCUT2D eigenvalue weighted by atomic mass is 9.85. The Labute approximate surface area is 244 Å². The highest BCUT2D eigenvalue weighted by molar-refractivity contribution is 14.1. The van der Waals surface area contributed by atoms with Crippen LogP contribution >= 0.6 is 45.2 Å². The molecule has 7 nitrogen and oxygen atoms in total. The first-order chi connectivity index (χ1) is 17.0. The number of carbonyl (C=O) groups excluding carboxylic acids is 2. The van der Waals surface area contributed by atoms with Gasteiger partial charge in [-0.2, -0.15) is 8.42 Å². The first-order valence-corrected chi connectivity index (χ1v) is 14.7. The molecule has 10 heteroatoms. The number of hydrogen-bond donors (Lipinski definition) is 1. The first-order valence-electron chi connectivity index (χ1n) is 11.1. The van der Waals surface area contributed by atoms with Crippen molar-refractivity contribution in [2.75, 3.05) is 0 Å². The van der Waals surface area contributed by atoms with E-state index in [0.29, 0.717) is 5.75 Å². The molecular weight excluding hydrogens is 722 g/mol. The molecule has 0 fully saturated rings. The maximum Gasteiger partial charge on any atom is 0.344 e. The van der Waals surface area contributed by atoms with E-state index in [9.17, 15) is 22.6 Å². The molecule has 1 N–H and O–H groups in total. The Kier molecular flexibility index (Phi) is 8.77. The second kappa shape index (κ2) is 11.0. The molecular formula is C27H26I2O7S. The summed E-state index contributed by atoms with van der Waals surface area (Å²) in [6.45, 7) is 11.6. The van der Waals surface area contributed by atoms with E-state index >= 15 is 0 Å². The highest BCUT2D eigenvalue weighted by atomic mass is 127. The van der Waals surface area contributed by atoms with E-state index in [2.05, 4.69) is 0 Å². The summed E-state index contributed by atoms with van der Waals surface area (Å²) in [6, 6.07) is 11.4. The van der Waals surface area contributed by atoms with Gasteiger partial charge in [-0.05, 0) is 112 Å². The summed E-state index contributed by atoms with van der Waals surface area (Å²) in [5, 5.41) is 0. The van der Waals surface area contributed by atoms with Gasteiger partial charge in [0.25, 0.3) is 10.1 Å². The smallest absolute Gasteiger partial charge is 0.344 e. The van der Waals surface area contributed by atoms with Crippen LogP contribution in [0, 0.1) is 27.9 Å². The monoisotopic (exact) mass is 748 g/mol. The van der Waals surface area contributed by atoms with Crippen molar-refractivity contribution in [2.24, 2.45) is 0 Å². The molecule has 0 aromatic heterocycles. The van der Waals surface area contributed by atoms with Crippen LogP contribution in [-0.4, -0.2) is 24.9 Å². The number of carbonyl (C=O) groups is 2. The van der Waals surface area contributed by atoms with Crippen LogP contribution in [0.4, 0.5) is 0 Å². The molecule has 0 aliphatic rings. The Morgan fingerprint density at radius 1 is 0.811 bits per heavy atom. The van der Waals surface area contributed by atoms with Gasteiger partial charge in [0.2, 0.25) is 0 Å². The van der Waals surface area contributed by atoms with Crippen LogP contribution in [0.25, 0.3) is 0 Å². The highest BCUT2D eigenvalue weighted by Crippen LogP contribution is 2.31. The zero-order chi connectivity index (χ0) is 27.9. The summed E-state index contributed by atoms with van der Waals surface area (Å²) in [5.41, 5.74) is 3.18. The number of benzene rings is 3. The quantitative estimate of drug-likeness (QED) is 0.132. The zero-order valence-electron chi connectivity index (χ0n) is 21.1. The molecule has 0 atom stereocenters. The number of esters is 2. The van der Waals surface area contributed by atoms with Gasteiger partial charge in [0.1, 0.15) is 16.4 Å². The first kappa shape index (κ1) is 29.5. The molecule has 0 unspecified atom stereocenters. The number of ether oxygens (including phenoxy) is 2. The van der Waals surface area contributed by atoms with E-state index < -0.39 is 22.1 Å². The lowest BCUT2D eigenvalue weighted by Gasteiger charge is -2.21. The fourth-order valence-electron chi connectivity index (χ4n) is 3.84. The molecule has 196 valence electrons. The van der Waals surface area contributed by atoms with E-state index in [-0.39, 0.29) is 34.3 Å². The molecule has 3 aromatic carbocycles. The molecule has 0 bridgehead atoms. The zero-order valence-corrected chi connectivity index (χ0v) is 26.2. The van der Waals surface area contributed by atoms with Crippen molar-refractivity contribution < 1.29 is 32.0 Å². The van der Waals surface area contributed by atoms with E-state index in [1.807, 2.05) is 53.7 Å². The van der Waals surface area contributed by atoms with Gasteiger partial charge in [-0.15, -0.1) is 0 Å². The van der Waals surface area contributed by atoms with Crippen molar-refractivity contribution in [1.82, 2.24) is 0 Å². The summed E-state index contributed by atoms with van der Waals surface area (Å²) < 4.78 is 44.5. The Morgan fingerprint density at radius 3 is 1.81 bits per heavy atom. The van der Waals surface area contributed by atoms with Crippen molar-refractivity contribution in [1.29, 1.82) is 0 Å². The van der Waals surface area contributed by atoms with Gasteiger partial charge in [0, 0.05) is 7.14 Å². The van der Waals surface area contributed by atoms with E-state index in [4.69, 9.17) is 9.47 Å². The summed E-state index contributed by atoms with van der Waals surface area (Å²) in [7, 11) is -4.46. The average Bonchev–Trinajstić information content (AvgIpc) is 2.73. The molecule has 0 radical (unpaired) electrons. The summed E-state index contributed by atoms with van der Waals surface area (Å²) >= 11 is 3.49. The number of hydrogen-bond acceptors (Lipinski definition) is 6. The Morgan fingerprint density at radius 2 is 1.32 bits per heavy atom. The van der Waals surface area contributed by atoms with E-state index in [0.717, 1.165) is 22.3 Å². The predicted molar refractivity (Wildman–Crippen MR) is 157 cm³/mol. The molecule has 0 aliphatic heterocycles. The van der Waals surface area contributed by atoms with Crippen molar-refractivity contribution in [3.8, 4) is 11.5 Å². The Balaban J connectivity index is 2.05. The third kappa shape index (κ3) is 6.89. The van der Waals surface area contributed by atoms with Crippen LogP contribution < -0.4 is 9.47 Å². The summed E-state index contributed by atoms with van der Waals surface area (Å²) in [5.74, 6) is -1.01. The van der Waals surface area contributed by atoms with Crippen LogP contribution in [-0.2, 0) is 15.5 Å². The molecule has 3 aromatic rings. The molecule has 0 heterocycles. The topological polar surface area (TPSA) is 107 Å². The molecule has 0 amide bonds. The minimum absolute atomic E-state index is 0.0173. The Hall–Kier alpha value is -2.03. The minimum atomic E-state index is -4.46. The number of halogens is 2. The van der Waals surface area contributed by atoms with Crippen molar-refractivity contribution in [2.45, 2.75) is 51.9 Å². The minimum Gasteiger partial charge on any atom is -0.423 e. The van der Waals surface area contributed by atoms with Gasteiger partial charge >= 0.3 is 11.9 Å². The summed E-state index contributed by atoms with van der Waals surface area (Å²) in [4.78, 5) is 26.4. The molecule has 37 heavy (non-hydrogen) atoms. The standard InChI is InChI=1S/C27H26I2O7S/c1-14-9-15(2)23(16(3)10-14)36-25(30)19-8-7-17(27(4,5)6)11-20(19)26(31)35-18-12-21(28)24(22(29)13-18)37(32,33)34/h7-13H,1-6H3,(H,32,33,34). The van der Waals surface area contributed by atoms with Crippen LogP contribution in [0.3, 0.4) is 0 Å². The highest BCUT2D eigenvalue weighted by Gasteiger charge is 2.26. The largest absolute Gasteiger partial charge is 0.423 e. The Bertz CT molecular complexity index is 1470.